The van der Waals surface area contributed by atoms with Crippen LogP contribution in [0.25, 0.3) is 0 Å². The molecule has 8 fully saturated rings. The Bertz CT molecular complexity index is 821. The predicted molar refractivity (Wildman–Crippen MR) is 167 cm³/mol. The highest BCUT2D eigenvalue weighted by atomic mass is 16.5. The summed E-state index contributed by atoms with van der Waals surface area (Å²) in [7, 11) is 0. The van der Waals surface area contributed by atoms with Gasteiger partial charge in [-0.25, -0.2) is 0 Å². The van der Waals surface area contributed by atoms with Gasteiger partial charge in [-0.3, -0.25) is 16.0 Å². The summed E-state index contributed by atoms with van der Waals surface area (Å²) in [5, 5.41) is 12.7. The highest BCUT2D eigenvalue weighted by Crippen LogP contribution is 2.59. The van der Waals surface area contributed by atoms with Crippen LogP contribution >= 0.6 is 0 Å². The molecule has 3 N–H and O–H groups in total. The van der Waals surface area contributed by atoms with Crippen LogP contribution in [0.3, 0.4) is 0 Å². The molecule has 4 nitrogen and oxygen atoms in total. The van der Waals surface area contributed by atoms with E-state index >= 15 is 0 Å². The molecule has 2 saturated heterocycles. The summed E-state index contributed by atoms with van der Waals surface area (Å²) in [4.78, 5) is 0. The van der Waals surface area contributed by atoms with Crippen LogP contribution in [-0.4, -0.2) is 30.7 Å². The maximum atomic E-state index is 7.15. The lowest BCUT2D eigenvalue weighted by molar-refractivity contribution is -0.0666. The molecule has 2 aliphatic heterocycles. The van der Waals surface area contributed by atoms with Crippen molar-refractivity contribution in [2.75, 3.05) is 0 Å². The lowest BCUT2D eigenvalue weighted by atomic mass is 9.53. The molecule has 0 bridgehead atoms. The number of hydrogen-bond donors (Lipinski definition) is 3. The molecule has 4 heteroatoms. The van der Waals surface area contributed by atoms with E-state index in [1.807, 2.05) is 0 Å². The molecule has 0 aromatic carbocycles. The van der Waals surface area contributed by atoms with Gasteiger partial charge in [0.1, 0.15) is 0 Å². The Kier molecular flexibility index (Phi) is 8.76. The van der Waals surface area contributed by atoms with Crippen LogP contribution in [-0.2, 0) is 4.74 Å². The Hall–Kier alpha value is -0.160. The first-order chi connectivity index (χ1) is 20.3. The molecule has 6 saturated carbocycles. The minimum atomic E-state index is 0.496. The zero-order valence-corrected chi connectivity index (χ0v) is 26.3. The Labute approximate surface area is 252 Å². The second-order valence-electron chi connectivity index (χ2n) is 16.7. The normalized spacial score (nSPS) is 48.7. The van der Waals surface area contributed by atoms with Crippen LogP contribution in [0.1, 0.15) is 148 Å². The monoisotopic (exact) mass is 565 g/mol. The highest BCUT2D eigenvalue weighted by Gasteiger charge is 2.57. The fourth-order valence-corrected chi connectivity index (χ4v) is 12.7. The van der Waals surface area contributed by atoms with E-state index in [1.54, 1.807) is 6.42 Å². The van der Waals surface area contributed by atoms with Gasteiger partial charge in [-0.05, 0) is 117 Å². The minimum Gasteiger partial charge on any atom is -0.374 e. The lowest BCUT2D eigenvalue weighted by Crippen LogP contribution is -2.72. The van der Waals surface area contributed by atoms with Crippen LogP contribution in [0.5, 0.6) is 0 Å². The fraction of sp³-hybridized carbons (Fsp3) is 1.00. The maximum absolute atomic E-state index is 7.15. The van der Waals surface area contributed by atoms with Gasteiger partial charge in [0.05, 0.1) is 30.7 Å². The van der Waals surface area contributed by atoms with Crippen molar-refractivity contribution in [3.05, 3.63) is 0 Å². The summed E-state index contributed by atoms with van der Waals surface area (Å²) >= 11 is 0. The molecule has 0 spiro atoms. The summed E-state index contributed by atoms with van der Waals surface area (Å²) in [6, 6.07) is 0. The Morgan fingerprint density at radius 3 is 1.46 bits per heavy atom. The maximum Gasteiger partial charge on any atom is 0.0624 e. The quantitative estimate of drug-likeness (QED) is 0.322. The second-order valence-corrected chi connectivity index (χ2v) is 16.7. The van der Waals surface area contributed by atoms with Gasteiger partial charge < -0.3 is 4.74 Å². The Morgan fingerprint density at radius 2 is 0.854 bits per heavy atom. The van der Waals surface area contributed by atoms with Crippen LogP contribution in [0.15, 0.2) is 0 Å². The smallest absolute Gasteiger partial charge is 0.0624 e. The second kappa shape index (κ2) is 12.7. The highest BCUT2D eigenvalue weighted by molar-refractivity contribution is 5.06. The average molecular weight is 566 g/mol. The van der Waals surface area contributed by atoms with Crippen LogP contribution in [0, 0.1) is 53.3 Å². The zero-order valence-electron chi connectivity index (χ0n) is 26.3. The van der Waals surface area contributed by atoms with E-state index in [9.17, 15) is 0 Å². The third-order valence-corrected chi connectivity index (χ3v) is 14.6. The van der Waals surface area contributed by atoms with Crippen molar-refractivity contribution in [3.63, 3.8) is 0 Å². The number of hydrogen-bond acceptors (Lipinski definition) is 4. The standard InChI is InChI=1S/C37H63N3O/c1-4-12-24(13-5-1)30-23-33-34(29-19-11-10-18-28(29)30)31-22-27(20-21-32(31)41-33)37-39-35(25-14-6-2-7-15-25)38-36(40-37)26-16-8-3-9-17-26/h24-40H,1-23H2. The predicted octanol–water partition coefficient (Wildman–Crippen LogP) is 8.11. The van der Waals surface area contributed by atoms with Gasteiger partial charge in [0.25, 0.3) is 0 Å². The number of fused-ring (bicyclic) bond motifs is 5. The van der Waals surface area contributed by atoms with E-state index in [0.29, 0.717) is 30.7 Å². The van der Waals surface area contributed by atoms with Crippen molar-refractivity contribution < 1.29 is 4.74 Å². The van der Waals surface area contributed by atoms with Crippen molar-refractivity contribution in [3.8, 4) is 0 Å². The Morgan fingerprint density at radius 1 is 0.341 bits per heavy atom. The molecule has 8 aliphatic rings. The topological polar surface area (TPSA) is 45.3 Å². The first kappa shape index (κ1) is 28.3. The first-order valence-corrected chi connectivity index (χ1v) is 19.3. The number of ether oxygens (including phenoxy) is 1. The Balaban J connectivity index is 0.992. The van der Waals surface area contributed by atoms with Gasteiger partial charge in [0.15, 0.2) is 0 Å². The summed E-state index contributed by atoms with van der Waals surface area (Å²) < 4.78 is 7.15. The van der Waals surface area contributed by atoms with Crippen LogP contribution in [0.2, 0.25) is 0 Å². The zero-order chi connectivity index (χ0) is 27.2. The third-order valence-electron chi connectivity index (χ3n) is 14.6. The minimum absolute atomic E-state index is 0.496. The van der Waals surface area contributed by atoms with Crippen molar-refractivity contribution in [2.45, 2.75) is 178 Å². The van der Waals surface area contributed by atoms with E-state index in [-0.39, 0.29) is 0 Å². The van der Waals surface area contributed by atoms with Gasteiger partial charge in [0, 0.05) is 0 Å². The molecule has 0 aromatic heterocycles. The molecule has 0 amide bonds. The van der Waals surface area contributed by atoms with Crippen molar-refractivity contribution in [1.29, 1.82) is 0 Å². The van der Waals surface area contributed by atoms with Gasteiger partial charge in [-0.1, -0.05) is 83.5 Å². The van der Waals surface area contributed by atoms with Gasteiger partial charge in [-0.2, -0.15) is 0 Å². The lowest BCUT2D eigenvalue weighted by Gasteiger charge is -2.52. The molecule has 10 unspecified atom stereocenters. The molecule has 10 atom stereocenters. The molecular weight excluding hydrogens is 502 g/mol. The molecular formula is C37H63N3O. The van der Waals surface area contributed by atoms with E-state index in [2.05, 4.69) is 16.0 Å². The number of rotatable bonds is 4. The molecule has 0 radical (unpaired) electrons. The number of nitrogens with one attached hydrogen (secondary N) is 3. The van der Waals surface area contributed by atoms with E-state index in [1.165, 1.54) is 141 Å². The summed E-state index contributed by atoms with van der Waals surface area (Å²) in [6.45, 7) is 0. The third kappa shape index (κ3) is 5.72. The fourth-order valence-electron chi connectivity index (χ4n) is 12.7. The molecule has 41 heavy (non-hydrogen) atoms. The summed E-state index contributed by atoms with van der Waals surface area (Å²) in [5.74, 6) is 8.13. The van der Waals surface area contributed by atoms with Gasteiger partial charge in [0.2, 0.25) is 0 Å². The molecule has 232 valence electrons. The largest absolute Gasteiger partial charge is 0.374 e. The SMILES string of the molecule is C1CCC(C2NC(C3CCCCC3)NC(C3CCC4OC5CC(C6CCCCC6)C6CCCCC6C5C4C3)N2)CC1. The molecule has 0 aromatic rings. The average Bonchev–Trinajstić information content (AvgIpc) is 3.43. The summed E-state index contributed by atoms with van der Waals surface area (Å²) in [6.07, 6.45) is 36.2. The van der Waals surface area contributed by atoms with Gasteiger partial charge in [-0.15, -0.1) is 0 Å². The van der Waals surface area contributed by atoms with E-state index in [4.69, 9.17) is 4.74 Å². The van der Waals surface area contributed by atoms with Crippen molar-refractivity contribution in [1.82, 2.24) is 16.0 Å². The van der Waals surface area contributed by atoms with E-state index < -0.39 is 0 Å². The first-order valence-electron chi connectivity index (χ1n) is 19.3. The van der Waals surface area contributed by atoms with Crippen LogP contribution in [0.4, 0.5) is 0 Å². The van der Waals surface area contributed by atoms with Crippen molar-refractivity contribution >= 4 is 0 Å². The summed E-state index contributed by atoms with van der Waals surface area (Å²) in [5.41, 5.74) is 0. The van der Waals surface area contributed by atoms with E-state index in [0.717, 1.165) is 53.3 Å². The molecule has 6 aliphatic carbocycles. The molecule has 2 heterocycles. The molecule has 8 rings (SSSR count). The van der Waals surface area contributed by atoms with Gasteiger partial charge >= 0.3 is 0 Å². The van der Waals surface area contributed by atoms with Crippen molar-refractivity contribution in [2.24, 2.45) is 53.3 Å². The van der Waals surface area contributed by atoms with Crippen LogP contribution < -0.4 is 16.0 Å².